The Balaban J connectivity index is 1.86. The van der Waals surface area contributed by atoms with E-state index in [1.807, 2.05) is 75.3 Å². The molecule has 1 heterocycles. The Labute approximate surface area is 201 Å². The first-order chi connectivity index (χ1) is 16.4. The molecule has 4 rings (SSSR count). The fraction of sp³-hybridized carbons (Fsp3) is 0.357. The molecule has 0 radical (unpaired) electrons. The summed E-state index contributed by atoms with van der Waals surface area (Å²) in [5.41, 5.74) is 4.34. The number of carbonyl (C=O) groups excluding carboxylic acids is 2. The lowest BCUT2D eigenvalue weighted by Crippen LogP contribution is -2.46. The maximum absolute atomic E-state index is 13.9. The molecule has 178 valence electrons. The largest absolute Gasteiger partial charge is 0.459 e. The zero-order valence-electron chi connectivity index (χ0n) is 20.4. The molecule has 3 aromatic rings. The van der Waals surface area contributed by atoms with Crippen LogP contribution in [0.5, 0.6) is 0 Å². The van der Waals surface area contributed by atoms with E-state index in [2.05, 4.69) is 5.32 Å². The number of carbonyl (C=O) groups is 2. The molecule has 0 spiro atoms. The van der Waals surface area contributed by atoms with Crippen LogP contribution in [0, 0.1) is 13.8 Å². The maximum Gasteiger partial charge on any atom is 0.294 e. The second kappa shape index (κ2) is 10.2. The zero-order chi connectivity index (χ0) is 24.2. The van der Waals surface area contributed by atoms with Gasteiger partial charge in [-0.2, -0.15) is 0 Å². The minimum absolute atomic E-state index is 0.134. The molecule has 34 heavy (non-hydrogen) atoms. The molecule has 0 saturated heterocycles. The standard InChI is InChI=1S/C28H33N3O3/c1-19-9-7-10-20(2)25(19)31(28(33)24-13-8-18-34-24)26(27(32)29-22-11-5-6-12-22)21-14-16-23(17-15-21)30(3)4/h7-10,13-18,22,26H,5-6,11-12H2,1-4H3,(H,29,32)/t26-/m1/s1. The monoisotopic (exact) mass is 459 g/mol. The average Bonchev–Trinajstić information content (AvgIpc) is 3.52. The van der Waals surface area contributed by atoms with Gasteiger partial charge in [-0.25, -0.2) is 0 Å². The highest BCUT2D eigenvalue weighted by molar-refractivity contribution is 6.09. The molecule has 1 fully saturated rings. The minimum Gasteiger partial charge on any atom is -0.459 e. The van der Waals surface area contributed by atoms with Gasteiger partial charge in [-0.3, -0.25) is 14.5 Å². The Hall–Kier alpha value is -3.54. The van der Waals surface area contributed by atoms with Crippen molar-refractivity contribution in [1.82, 2.24) is 5.32 Å². The Kier molecular flexibility index (Phi) is 7.06. The number of aryl methyl sites for hydroxylation is 2. The molecular formula is C28H33N3O3. The quantitative estimate of drug-likeness (QED) is 0.513. The summed E-state index contributed by atoms with van der Waals surface area (Å²) in [4.78, 5) is 31.4. The minimum atomic E-state index is -0.839. The predicted molar refractivity (Wildman–Crippen MR) is 135 cm³/mol. The van der Waals surface area contributed by atoms with Crippen LogP contribution in [0.2, 0.25) is 0 Å². The molecule has 0 aliphatic heterocycles. The summed E-state index contributed by atoms with van der Waals surface area (Å²) in [6.45, 7) is 3.93. The summed E-state index contributed by atoms with van der Waals surface area (Å²) in [5.74, 6) is -0.316. The number of hydrogen-bond donors (Lipinski definition) is 1. The Morgan fingerprint density at radius 3 is 2.15 bits per heavy atom. The molecule has 1 N–H and O–H groups in total. The second-order valence-corrected chi connectivity index (χ2v) is 9.27. The lowest BCUT2D eigenvalue weighted by atomic mass is 9.98. The number of amides is 2. The van der Waals surface area contributed by atoms with Crippen molar-refractivity contribution < 1.29 is 14.0 Å². The molecule has 6 heteroatoms. The third-order valence-corrected chi connectivity index (χ3v) is 6.56. The molecule has 1 atom stereocenters. The van der Waals surface area contributed by atoms with Gasteiger partial charge >= 0.3 is 0 Å². The van der Waals surface area contributed by atoms with Crippen molar-refractivity contribution in [2.75, 3.05) is 23.9 Å². The third kappa shape index (κ3) is 4.86. The lowest BCUT2D eigenvalue weighted by Gasteiger charge is -2.34. The molecule has 1 aromatic heterocycles. The van der Waals surface area contributed by atoms with Gasteiger partial charge in [-0.15, -0.1) is 0 Å². The van der Waals surface area contributed by atoms with Gasteiger partial charge in [-0.1, -0.05) is 43.2 Å². The summed E-state index contributed by atoms with van der Waals surface area (Å²) >= 11 is 0. The first-order valence-electron chi connectivity index (χ1n) is 11.9. The van der Waals surface area contributed by atoms with E-state index in [1.54, 1.807) is 17.0 Å². The first-order valence-corrected chi connectivity index (χ1v) is 11.9. The van der Waals surface area contributed by atoms with Crippen LogP contribution in [0.3, 0.4) is 0 Å². The third-order valence-electron chi connectivity index (χ3n) is 6.56. The molecule has 0 bridgehead atoms. The van der Waals surface area contributed by atoms with Gasteiger partial charge in [0, 0.05) is 25.8 Å². The van der Waals surface area contributed by atoms with Crippen molar-refractivity contribution in [3.05, 3.63) is 83.3 Å². The predicted octanol–water partition coefficient (Wildman–Crippen LogP) is 5.41. The SMILES string of the molecule is Cc1cccc(C)c1N(C(=O)c1ccco1)[C@@H](C(=O)NC1CCCC1)c1ccc(N(C)C)cc1. The fourth-order valence-electron chi connectivity index (χ4n) is 4.78. The highest BCUT2D eigenvalue weighted by Crippen LogP contribution is 2.35. The highest BCUT2D eigenvalue weighted by Gasteiger charge is 2.37. The van der Waals surface area contributed by atoms with E-state index in [-0.39, 0.29) is 23.6 Å². The van der Waals surface area contributed by atoms with E-state index >= 15 is 0 Å². The summed E-state index contributed by atoms with van der Waals surface area (Å²) in [5, 5.41) is 3.23. The van der Waals surface area contributed by atoms with E-state index in [0.717, 1.165) is 53.7 Å². The smallest absolute Gasteiger partial charge is 0.294 e. The number of anilines is 2. The summed E-state index contributed by atoms with van der Waals surface area (Å²) in [6, 6.07) is 16.3. The van der Waals surface area contributed by atoms with Crippen LogP contribution in [-0.4, -0.2) is 32.0 Å². The van der Waals surface area contributed by atoms with Gasteiger partial charge in [0.15, 0.2) is 5.76 Å². The van der Waals surface area contributed by atoms with Gasteiger partial charge in [-0.05, 0) is 67.6 Å². The Bertz CT molecular complexity index is 1110. The molecular weight excluding hydrogens is 426 g/mol. The van der Waals surface area contributed by atoms with Crippen molar-refractivity contribution >= 4 is 23.2 Å². The van der Waals surface area contributed by atoms with Crippen LogP contribution in [0.25, 0.3) is 0 Å². The van der Waals surface area contributed by atoms with Crippen molar-refractivity contribution in [3.8, 4) is 0 Å². The number of benzene rings is 2. The number of hydrogen-bond acceptors (Lipinski definition) is 4. The van der Waals surface area contributed by atoms with E-state index in [0.29, 0.717) is 0 Å². The molecule has 6 nitrogen and oxygen atoms in total. The number of rotatable bonds is 7. The Morgan fingerprint density at radius 2 is 1.59 bits per heavy atom. The van der Waals surface area contributed by atoms with Gasteiger partial charge in [0.1, 0.15) is 6.04 Å². The summed E-state index contributed by atoms with van der Waals surface area (Å²) in [6.07, 6.45) is 5.63. The van der Waals surface area contributed by atoms with Gasteiger partial charge < -0.3 is 14.6 Å². The normalized spacial score (nSPS) is 14.6. The van der Waals surface area contributed by atoms with E-state index in [1.165, 1.54) is 6.26 Å². The van der Waals surface area contributed by atoms with Crippen molar-refractivity contribution in [2.24, 2.45) is 0 Å². The summed E-state index contributed by atoms with van der Waals surface area (Å²) < 4.78 is 5.50. The molecule has 2 aromatic carbocycles. The number of nitrogens with one attached hydrogen (secondary N) is 1. The van der Waals surface area contributed by atoms with Gasteiger partial charge in [0.25, 0.3) is 5.91 Å². The van der Waals surface area contributed by atoms with Crippen molar-refractivity contribution in [1.29, 1.82) is 0 Å². The maximum atomic E-state index is 13.9. The van der Waals surface area contributed by atoms with Crippen molar-refractivity contribution in [2.45, 2.75) is 51.6 Å². The molecule has 1 aliphatic rings. The van der Waals surface area contributed by atoms with E-state index in [9.17, 15) is 9.59 Å². The highest BCUT2D eigenvalue weighted by atomic mass is 16.3. The van der Waals surface area contributed by atoms with Crippen LogP contribution in [0.15, 0.2) is 65.3 Å². The molecule has 2 amide bonds. The van der Waals surface area contributed by atoms with Crippen LogP contribution >= 0.6 is 0 Å². The van der Waals surface area contributed by atoms with E-state index in [4.69, 9.17) is 4.42 Å². The van der Waals surface area contributed by atoms with E-state index < -0.39 is 6.04 Å². The second-order valence-electron chi connectivity index (χ2n) is 9.27. The zero-order valence-corrected chi connectivity index (χ0v) is 20.4. The fourth-order valence-corrected chi connectivity index (χ4v) is 4.78. The van der Waals surface area contributed by atoms with Gasteiger partial charge in [0.2, 0.25) is 5.91 Å². The molecule has 0 unspecified atom stereocenters. The van der Waals surface area contributed by atoms with Crippen LogP contribution in [0.1, 0.15) is 59.0 Å². The first kappa shape index (κ1) is 23.6. The number of para-hydroxylation sites is 1. The van der Waals surface area contributed by atoms with Crippen LogP contribution in [0.4, 0.5) is 11.4 Å². The molecule has 1 aliphatic carbocycles. The number of furan rings is 1. The Morgan fingerprint density at radius 1 is 0.941 bits per heavy atom. The molecule has 1 saturated carbocycles. The topological polar surface area (TPSA) is 65.8 Å². The summed E-state index contributed by atoms with van der Waals surface area (Å²) in [7, 11) is 3.95. The van der Waals surface area contributed by atoms with Crippen LogP contribution < -0.4 is 15.1 Å². The number of nitrogens with zero attached hydrogens (tertiary/aromatic N) is 2. The van der Waals surface area contributed by atoms with Crippen molar-refractivity contribution in [3.63, 3.8) is 0 Å². The van der Waals surface area contributed by atoms with Crippen LogP contribution in [-0.2, 0) is 4.79 Å². The average molecular weight is 460 g/mol. The lowest BCUT2D eigenvalue weighted by molar-refractivity contribution is -0.123. The van der Waals surface area contributed by atoms with Gasteiger partial charge in [0.05, 0.1) is 12.0 Å².